The average Bonchev–Trinajstić information content (AvgIpc) is 2.85. The Morgan fingerprint density at radius 2 is 2.16 bits per heavy atom. The van der Waals surface area contributed by atoms with Crippen LogP contribution in [0.3, 0.4) is 0 Å². The maximum absolute atomic E-state index is 5.56. The van der Waals surface area contributed by atoms with Gasteiger partial charge in [-0.05, 0) is 58.7 Å². The molecule has 1 aromatic carbocycles. The number of rotatable bonds is 6. The lowest BCUT2D eigenvalue weighted by molar-refractivity contribution is 0.414. The largest absolute Gasteiger partial charge is 0.497 e. The molecule has 0 atom stereocenters. The van der Waals surface area contributed by atoms with E-state index in [1.54, 1.807) is 13.4 Å². The fraction of sp³-hybridized carbons (Fsp3) is 0.333. The van der Waals surface area contributed by atoms with Crippen LogP contribution in [-0.4, -0.2) is 13.7 Å². The van der Waals surface area contributed by atoms with Crippen molar-refractivity contribution in [2.45, 2.75) is 19.9 Å². The molecule has 0 unspecified atom stereocenters. The molecule has 0 radical (unpaired) electrons. The van der Waals surface area contributed by atoms with E-state index in [4.69, 9.17) is 9.15 Å². The predicted octanol–water partition coefficient (Wildman–Crippen LogP) is 4.22. The average molecular weight is 324 g/mol. The molecule has 19 heavy (non-hydrogen) atoms. The maximum Gasteiger partial charge on any atom is 0.148 e. The van der Waals surface area contributed by atoms with Crippen LogP contribution in [0, 0.1) is 0 Å². The Balaban J connectivity index is 2.33. The van der Waals surface area contributed by atoms with Gasteiger partial charge in [0.05, 0.1) is 17.8 Å². The van der Waals surface area contributed by atoms with Crippen molar-refractivity contribution in [1.82, 2.24) is 5.32 Å². The number of hydrogen-bond acceptors (Lipinski definition) is 3. The molecule has 0 saturated heterocycles. The molecule has 4 heteroatoms. The van der Waals surface area contributed by atoms with E-state index < -0.39 is 0 Å². The number of nitrogens with one attached hydrogen (secondary N) is 1. The summed E-state index contributed by atoms with van der Waals surface area (Å²) in [4.78, 5) is 0. The van der Waals surface area contributed by atoms with Gasteiger partial charge in [0.2, 0.25) is 0 Å². The van der Waals surface area contributed by atoms with Gasteiger partial charge in [-0.2, -0.15) is 0 Å². The highest BCUT2D eigenvalue weighted by molar-refractivity contribution is 9.10. The van der Waals surface area contributed by atoms with E-state index in [9.17, 15) is 0 Å². The minimum absolute atomic E-state index is 0.799. The van der Waals surface area contributed by atoms with Crippen molar-refractivity contribution < 1.29 is 9.15 Å². The lowest BCUT2D eigenvalue weighted by Gasteiger charge is -2.11. The molecule has 0 aliphatic heterocycles. The first kappa shape index (κ1) is 14.2. The first-order chi connectivity index (χ1) is 9.26. The van der Waals surface area contributed by atoms with Gasteiger partial charge in [-0.25, -0.2) is 0 Å². The van der Waals surface area contributed by atoms with Crippen LogP contribution in [0.15, 0.2) is 39.4 Å². The van der Waals surface area contributed by atoms with E-state index in [-0.39, 0.29) is 0 Å². The van der Waals surface area contributed by atoms with E-state index in [0.29, 0.717) is 0 Å². The van der Waals surface area contributed by atoms with Gasteiger partial charge in [0.15, 0.2) is 0 Å². The third kappa shape index (κ3) is 3.39. The Morgan fingerprint density at radius 3 is 2.79 bits per heavy atom. The molecule has 1 N–H and O–H groups in total. The van der Waals surface area contributed by atoms with Gasteiger partial charge in [0.1, 0.15) is 11.5 Å². The number of benzene rings is 1. The Bertz CT molecular complexity index is 537. The summed E-state index contributed by atoms with van der Waals surface area (Å²) < 4.78 is 11.8. The second kappa shape index (κ2) is 6.78. The van der Waals surface area contributed by atoms with Crippen molar-refractivity contribution in [3.05, 3.63) is 40.6 Å². The summed E-state index contributed by atoms with van der Waals surface area (Å²) in [6.45, 7) is 3.95. The Hall–Kier alpha value is -1.26. The van der Waals surface area contributed by atoms with E-state index >= 15 is 0 Å². The quantitative estimate of drug-likeness (QED) is 0.808. The smallest absolute Gasteiger partial charge is 0.148 e. The standard InChI is InChI=1S/C15H18BrNO2/c1-3-7-17-10-11-9-12(18-2)4-5-13(11)15-14(16)6-8-19-15/h4-6,8-9,17H,3,7,10H2,1-2H3. The summed E-state index contributed by atoms with van der Waals surface area (Å²) in [5.41, 5.74) is 2.25. The first-order valence-corrected chi connectivity index (χ1v) is 7.16. The van der Waals surface area contributed by atoms with Crippen molar-refractivity contribution >= 4 is 15.9 Å². The van der Waals surface area contributed by atoms with Crippen LogP contribution in [0.5, 0.6) is 5.75 Å². The summed E-state index contributed by atoms with van der Waals surface area (Å²) in [6.07, 6.45) is 2.80. The Labute approximate surface area is 122 Å². The van der Waals surface area contributed by atoms with E-state index in [1.165, 1.54) is 5.56 Å². The molecule has 2 rings (SSSR count). The fourth-order valence-electron chi connectivity index (χ4n) is 1.95. The summed E-state index contributed by atoms with van der Waals surface area (Å²) in [7, 11) is 1.68. The topological polar surface area (TPSA) is 34.4 Å². The fourth-order valence-corrected chi connectivity index (χ4v) is 2.37. The molecule has 0 saturated carbocycles. The highest BCUT2D eigenvalue weighted by atomic mass is 79.9. The second-order valence-electron chi connectivity index (χ2n) is 4.30. The molecule has 102 valence electrons. The molecule has 1 aromatic heterocycles. The van der Waals surface area contributed by atoms with E-state index in [0.717, 1.165) is 41.1 Å². The zero-order valence-electron chi connectivity index (χ0n) is 11.2. The molecule has 2 aromatic rings. The molecule has 0 fully saturated rings. The molecular formula is C15H18BrNO2. The number of ether oxygens (including phenoxy) is 1. The summed E-state index contributed by atoms with van der Waals surface area (Å²) >= 11 is 3.51. The van der Waals surface area contributed by atoms with Gasteiger partial charge in [0, 0.05) is 12.1 Å². The van der Waals surface area contributed by atoms with Gasteiger partial charge in [-0.3, -0.25) is 0 Å². The molecule has 3 nitrogen and oxygen atoms in total. The van der Waals surface area contributed by atoms with Gasteiger partial charge in [-0.1, -0.05) is 6.92 Å². The summed E-state index contributed by atoms with van der Waals surface area (Å²) in [6, 6.07) is 7.94. The SMILES string of the molecule is CCCNCc1cc(OC)ccc1-c1occc1Br. The van der Waals surface area contributed by atoms with Crippen molar-refractivity contribution in [3.63, 3.8) is 0 Å². The van der Waals surface area contributed by atoms with Crippen LogP contribution in [-0.2, 0) is 6.54 Å². The zero-order chi connectivity index (χ0) is 13.7. The van der Waals surface area contributed by atoms with Crippen molar-refractivity contribution in [1.29, 1.82) is 0 Å². The number of halogens is 1. The minimum Gasteiger partial charge on any atom is -0.497 e. The number of methoxy groups -OCH3 is 1. The van der Waals surface area contributed by atoms with E-state index in [1.807, 2.05) is 24.3 Å². The maximum atomic E-state index is 5.56. The Kier molecular flexibility index (Phi) is 5.05. The van der Waals surface area contributed by atoms with Gasteiger partial charge in [0.25, 0.3) is 0 Å². The number of furan rings is 1. The van der Waals surface area contributed by atoms with Gasteiger partial charge in [-0.15, -0.1) is 0 Å². The van der Waals surface area contributed by atoms with Crippen LogP contribution < -0.4 is 10.1 Å². The third-order valence-corrected chi connectivity index (χ3v) is 3.54. The monoisotopic (exact) mass is 323 g/mol. The molecular weight excluding hydrogens is 306 g/mol. The van der Waals surface area contributed by atoms with Gasteiger partial charge < -0.3 is 14.5 Å². The van der Waals surface area contributed by atoms with Crippen LogP contribution in [0.2, 0.25) is 0 Å². The molecule has 0 amide bonds. The lowest BCUT2D eigenvalue weighted by Crippen LogP contribution is -2.14. The Morgan fingerprint density at radius 1 is 1.32 bits per heavy atom. The first-order valence-electron chi connectivity index (χ1n) is 6.37. The second-order valence-corrected chi connectivity index (χ2v) is 5.15. The summed E-state index contributed by atoms with van der Waals surface area (Å²) in [5.74, 6) is 1.72. The molecule has 0 spiro atoms. The lowest BCUT2D eigenvalue weighted by atomic mass is 10.0. The predicted molar refractivity (Wildman–Crippen MR) is 80.4 cm³/mol. The highest BCUT2D eigenvalue weighted by Crippen LogP contribution is 2.33. The van der Waals surface area contributed by atoms with Crippen LogP contribution in [0.4, 0.5) is 0 Å². The molecule has 0 bridgehead atoms. The minimum atomic E-state index is 0.799. The van der Waals surface area contributed by atoms with Gasteiger partial charge >= 0.3 is 0 Å². The summed E-state index contributed by atoms with van der Waals surface area (Å²) in [5, 5.41) is 3.41. The molecule has 0 aliphatic rings. The number of hydrogen-bond donors (Lipinski definition) is 1. The van der Waals surface area contributed by atoms with Crippen molar-refractivity contribution in [2.24, 2.45) is 0 Å². The van der Waals surface area contributed by atoms with E-state index in [2.05, 4.69) is 28.2 Å². The van der Waals surface area contributed by atoms with Crippen molar-refractivity contribution in [3.8, 4) is 17.1 Å². The van der Waals surface area contributed by atoms with Crippen LogP contribution >= 0.6 is 15.9 Å². The van der Waals surface area contributed by atoms with Crippen LogP contribution in [0.1, 0.15) is 18.9 Å². The third-order valence-electron chi connectivity index (χ3n) is 2.92. The zero-order valence-corrected chi connectivity index (χ0v) is 12.8. The normalized spacial score (nSPS) is 10.7. The molecule has 0 aliphatic carbocycles. The molecule has 1 heterocycles. The van der Waals surface area contributed by atoms with Crippen molar-refractivity contribution in [2.75, 3.05) is 13.7 Å². The highest BCUT2D eigenvalue weighted by Gasteiger charge is 2.12. The van der Waals surface area contributed by atoms with Crippen LogP contribution in [0.25, 0.3) is 11.3 Å².